The van der Waals surface area contributed by atoms with E-state index in [1.807, 2.05) is 37.3 Å². The van der Waals surface area contributed by atoms with Crippen LogP contribution >= 0.6 is 23.1 Å². The fraction of sp³-hybridized carbons (Fsp3) is 0.394. The molecule has 2 heterocycles. The van der Waals surface area contributed by atoms with Gasteiger partial charge >= 0.3 is 12.1 Å². The molecule has 2 saturated carbocycles. The Morgan fingerprint density at radius 2 is 1.95 bits per heavy atom. The number of carbonyl (C=O) groups is 2. The number of rotatable bonds is 9. The van der Waals surface area contributed by atoms with E-state index in [-0.39, 0.29) is 11.4 Å². The predicted octanol–water partition coefficient (Wildman–Crippen LogP) is 8.11. The Hall–Kier alpha value is -3.48. The lowest BCUT2D eigenvalue weighted by Crippen LogP contribution is -2.26. The number of ether oxygens (including phenoxy) is 3. The van der Waals surface area contributed by atoms with Gasteiger partial charge in [0, 0.05) is 28.4 Å². The second kappa shape index (κ2) is 11.0. The number of nitrogens with one attached hydrogen (secondary N) is 1. The first-order valence-corrected chi connectivity index (χ1v) is 15.8. The molecule has 1 aliphatic heterocycles. The highest BCUT2D eigenvalue weighted by Crippen LogP contribution is 2.56. The Morgan fingerprint density at radius 3 is 2.57 bits per heavy atom. The zero-order valence-corrected chi connectivity index (χ0v) is 25.4. The first kappa shape index (κ1) is 28.6. The van der Waals surface area contributed by atoms with Crippen LogP contribution < -0.4 is 10.1 Å². The van der Waals surface area contributed by atoms with Crippen molar-refractivity contribution in [3.63, 3.8) is 0 Å². The van der Waals surface area contributed by atoms with Crippen LogP contribution in [0.3, 0.4) is 0 Å². The van der Waals surface area contributed by atoms with E-state index in [1.54, 1.807) is 7.11 Å². The van der Waals surface area contributed by atoms with E-state index in [4.69, 9.17) is 14.2 Å². The highest BCUT2D eigenvalue weighted by molar-refractivity contribution is 8.07. The second-order valence-electron chi connectivity index (χ2n) is 11.3. The van der Waals surface area contributed by atoms with Crippen LogP contribution in [-0.4, -0.2) is 31.4 Å². The number of allylic oxidation sites excluding steroid dienone is 4. The molecule has 3 aliphatic carbocycles. The summed E-state index contributed by atoms with van der Waals surface area (Å²) in [4.78, 5) is 27.0. The molecule has 2 aromatic rings. The lowest BCUT2D eigenvalue weighted by atomic mass is 9.73. The maximum Gasteiger partial charge on any atom is 0.412 e. The van der Waals surface area contributed by atoms with Crippen LogP contribution in [0.4, 0.5) is 14.9 Å². The van der Waals surface area contributed by atoms with Gasteiger partial charge in [-0.25, -0.2) is 4.79 Å². The van der Waals surface area contributed by atoms with Gasteiger partial charge in [0.15, 0.2) is 5.13 Å². The van der Waals surface area contributed by atoms with Crippen molar-refractivity contribution in [1.29, 1.82) is 0 Å². The number of thioether (sulfide) groups is 1. The molecule has 1 atom stereocenters. The fourth-order valence-corrected chi connectivity index (χ4v) is 7.39. The Balaban J connectivity index is 1.20. The normalized spacial score (nSPS) is 22.6. The third-order valence-electron chi connectivity index (χ3n) is 8.43. The van der Waals surface area contributed by atoms with Crippen molar-refractivity contribution in [2.24, 2.45) is 5.41 Å². The molecule has 0 radical (unpaired) electrons. The van der Waals surface area contributed by atoms with Gasteiger partial charge in [-0.05, 0) is 73.2 Å². The largest absolute Gasteiger partial charge is 0.496 e. The van der Waals surface area contributed by atoms with Gasteiger partial charge in [0.2, 0.25) is 0 Å². The maximum atomic E-state index is 14.5. The predicted molar refractivity (Wildman–Crippen MR) is 164 cm³/mol. The molecular weight excluding hydrogens is 573 g/mol. The van der Waals surface area contributed by atoms with Crippen LogP contribution in [-0.2, 0) is 19.7 Å². The van der Waals surface area contributed by atoms with E-state index in [0.29, 0.717) is 35.8 Å². The quantitative estimate of drug-likeness (QED) is 0.230. The van der Waals surface area contributed by atoms with Gasteiger partial charge in [0.1, 0.15) is 11.4 Å². The molecule has 42 heavy (non-hydrogen) atoms. The summed E-state index contributed by atoms with van der Waals surface area (Å²) in [5, 5.41) is 5.35. The van der Waals surface area contributed by atoms with Crippen molar-refractivity contribution >= 4 is 40.8 Å². The molecule has 218 valence electrons. The fourth-order valence-electron chi connectivity index (χ4n) is 5.69. The number of hydrogen-bond acceptors (Lipinski definition) is 7. The molecule has 1 aromatic carbocycles. The number of anilines is 1. The summed E-state index contributed by atoms with van der Waals surface area (Å²) >= 11 is 2.36. The van der Waals surface area contributed by atoms with E-state index in [1.165, 1.54) is 17.8 Å². The Bertz CT molecular complexity index is 1600. The van der Waals surface area contributed by atoms with Crippen LogP contribution in [0.25, 0.3) is 10.4 Å². The molecule has 6 nitrogen and oxygen atoms in total. The van der Waals surface area contributed by atoms with E-state index < -0.39 is 22.2 Å². The highest BCUT2D eigenvalue weighted by atomic mass is 32.2. The van der Waals surface area contributed by atoms with Crippen molar-refractivity contribution in [3.8, 4) is 27.4 Å². The number of hydrogen-bond donors (Lipinski definition) is 1. The lowest BCUT2D eigenvalue weighted by Gasteiger charge is -2.31. The van der Waals surface area contributed by atoms with Gasteiger partial charge in [-0.15, -0.1) is 11.3 Å². The molecule has 2 fully saturated rings. The van der Waals surface area contributed by atoms with Gasteiger partial charge in [0.25, 0.3) is 0 Å². The summed E-state index contributed by atoms with van der Waals surface area (Å²) in [6.07, 6.45) is 12.2. The number of amides is 1. The molecular formula is C33H32FNO5S2. The molecule has 1 N–H and O–H groups in total. The Morgan fingerprint density at radius 1 is 1.14 bits per heavy atom. The molecule has 1 aromatic heterocycles. The average molecular weight is 606 g/mol. The molecule has 0 spiro atoms. The summed E-state index contributed by atoms with van der Waals surface area (Å²) in [5.74, 6) is 3.51. The van der Waals surface area contributed by atoms with Crippen molar-refractivity contribution in [3.05, 3.63) is 69.7 Å². The summed E-state index contributed by atoms with van der Waals surface area (Å²) in [6.45, 7) is 4.33. The van der Waals surface area contributed by atoms with E-state index in [2.05, 4.69) is 35.6 Å². The van der Waals surface area contributed by atoms with Crippen LogP contribution in [0.2, 0.25) is 0 Å². The van der Waals surface area contributed by atoms with Gasteiger partial charge < -0.3 is 14.2 Å². The Labute approximate surface area is 253 Å². The Kier molecular flexibility index (Phi) is 7.48. The number of methoxy groups -OCH3 is 1. The van der Waals surface area contributed by atoms with Gasteiger partial charge in [-0.2, -0.15) is 4.39 Å². The highest BCUT2D eigenvalue weighted by Gasteiger charge is 2.54. The van der Waals surface area contributed by atoms with E-state index >= 15 is 0 Å². The second-order valence-corrected chi connectivity index (χ2v) is 13.1. The molecule has 4 aliphatic rings. The van der Waals surface area contributed by atoms with E-state index in [0.717, 1.165) is 58.6 Å². The van der Waals surface area contributed by atoms with E-state index in [9.17, 15) is 14.0 Å². The topological polar surface area (TPSA) is 73.9 Å². The van der Waals surface area contributed by atoms with Crippen LogP contribution in [0.5, 0.6) is 5.75 Å². The number of benzene rings is 1. The van der Waals surface area contributed by atoms with Gasteiger partial charge in [-0.3, -0.25) is 10.1 Å². The molecule has 0 saturated heterocycles. The van der Waals surface area contributed by atoms with Gasteiger partial charge in [0.05, 0.1) is 29.7 Å². The first-order valence-electron chi connectivity index (χ1n) is 14.1. The number of halogens is 1. The number of thiophene rings is 1. The van der Waals surface area contributed by atoms with Crippen molar-refractivity contribution in [2.75, 3.05) is 19.0 Å². The van der Waals surface area contributed by atoms with Gasteiger partial charge in [-0.1, -0.05) is 49.3 Å². The third-order valence-corrected chi connectivity index (χ3v) is 10.4. The van der Waals surface area contributed by atoms with Crippen LogP contribution in [0.1, 0.15) is 57.9 Å². The van der Waals surface area contributed by atoms with Crippen molar-refractivity contribution in [1.82, 2.24) is 0 Å². The summed E-state index contributed by atoms with van der Waals surface area (Å²) in [7, 11) is 1.61. The minimum absolute atomic E-state index is 0.144. The summed E-state index contributed by atoms with van der Waals surface area (Å²) in [5.41, 5.74) is 1.57. The molecule has 9 heteroatoms. The minimum atomic E-state index is -0.629. The van der Waals surface area contributed by atoms with Crippen LogP contribution in [0, 0.1) is 21.7 Å². The molecule has 6 rings (SSSR count). The molecule has 1 unspecified atom stereocenters. The standard InChI is InChI=1S/C33H32FNO5S2/c1-4-39-29(36)32(14-15-32)22-10-12-31(2,13-11-22)23-9-8-21(19-25(23)38-3)28-24(20-27(34)42-28)35-30(37)40-33(16-17-33)26-7-5-6-18-41-26/h7-12,19-20H,4-5,13-17H2,1-3H3,(H,35,37). The molecule has 0 bridgehead atoms. The first-order chi connectivity index (χ1) is 20.2. The van der Waals surface area contributed by atoms with Crippen molar-refractivity contribution in [2.45, 2.75) is 63.4 Å². The van der Waals surface area contributed by atoms with Crippen LogP contribution in [0.15, 0.2) is 59.0 Å². The minimum Gasteiger partial charge on any atom is -0.496 e. The van der Waals surface area contributed by atoms with Crippen molar-refractivity contribution < 1.29 is 28.2 Å². The SMILES string of the molecule is CCOC(=O)C1(C2=CCC(C)(c3ccc(-c4sc(F)cc4NC(=O)OC4(C5=CCC#CS5)CC4)cc3OC)C=C2)CC1. The average Bonchev–Trinajstić information content (AvgIpc) is 3.92. The zero-order chi connectivity index (χ0) is 29.5. The smallest absolute Gasteiger partial charge is 0.412 e. The third kappa shape index (κ3) is 5.27. The number of esters is 1. The molecule has 1 amide bonds. The lowest BCUT2D eigenvalue weighted by molar-refractivity contribution is -0.148. The maximum absolute atomic E-state index is 14.5. The zero-order valence-electron chi connectivity index (χ0n) is 23.8. The number of carbonyl (C=O) groups excluding carboxylic acids is 2. The summed E-state index contributed by atoms with van der Waals surface area (Å²) < 4.78 is 31.5. The monoisotopic (exact) mass is 605 g/mol. The summed E-state index contributed by atoms with van der Waals surface area (Å²) in [6, 6.07) is 7.10.